The topological polar surface area (TPSA) is 53.4 Å². The fourth-order valence-corrected chi connectivity index (χ4v) is 3.28. The van der Waals surface area contributed by atoms with E-state index in [4.69, 9.17) is 5.11 Å². The molecule has 0 radical (unpaired) electrons. The van der Waals surface area contributed by atoms with Gasteiger partial charge >= 0.3 is 5.97 Å². The number of thiazole rings is 1. The van der Waals surface area contributed by atoms with Crippen LogP contribution in [-0.2, 0) is 4.79 Å². The van der Waals surface area contributed by atoms with Crippen molar-refractivity contribution < 1.29 is 9.90 Å². The summed E-state index contributed by atoms with van der Waals surface area (Å²) in [7, 11) is 0. The van der Waals surface area contributed by atoms with Gasteiger partial charge in [-0.2, -0.15) is 0 Å². The molecule has 0 amide bonds. The van der Waals surface area contributed by atoms with Crippen molar-refractivity contribution in [2.24, 2.45) is 5.92 Å². The number of fused-ring (bicyclic) bond motifs is 1. The number of hydrogen-bond acceptors (Lipinski definition) is 4. The summed E-state index contributed by atoms with van der Waals surface area (Å²) in [6, 6.07) is 8.03. The summed E-state index contributed by atoms with van der Waals surface area (Å²) in [5.74, 6) is -0.371. The predicted octanol–water partition coefficient (Wildman–Crippen LogP) is 3.40. The fraction of sp³-hybridized carbons (Fsp3) is 0.467. The Balaban J connectivity index is 2.25. The highest BCUT2D eigenvalue weighted by Crippen LogP contribution is 2.29. The molecule has 1 N–H and O–H groups in total. The van der Waals surface area contributed by atoms with Crippen LogP contribution in [0.4, 0.5) is 0 Å². The van der Waals surface area contributed by atoms with Gasteiger partial charge in [0.1, 0.15) is 5.01 Å². The summed E-state index contributed by atoms with van der Waals surface area (Å²) in [5.41, 5.74) is 0.985. The summed E-state index contributed by atoms with van der Waals surface area (Å²) in [5, 5.41) is 10.1. The Morgan fingerprint density at radius 1 is 1.35 bits per heavy atom. The Hall–Kier alpha value is -1.46. The van der Waals surface area contributed by atoms with Crippen molar-refractivity contribution in [1.82, 2.24) is 9.88 Å². The summed E-state index contributed by atoms with van der Waals surface area (Å²) >= 11 is 1.64. The van der Waals surface area contributed by atoms with Crippen LogP contribution in [0, 0.1) is 5.92 Å². The molecule has 0 aliphatic rings. The molecule has 0 spiro atoms. The number of aromatic nitrogens is 1. The Morgan fingerprint density at radius 3 is 2.65 bits per heavy atom. The van der Waals surface area contributed by atoms with Crippen molar-refractivity contribution in [2.75, 3.05) is 13.1 Å². The Bertz CT molecular complexity index is 561. The minimum atomic E-state index is -0.793. The molecule has 1 unspecified atom stereocenters. The first kappa shape index (κ1) is 14.9. The van der Waals surface area contributed by atoms with Crippen molar-refractivity contribution in [3.8, 4) is 0 Å². The van der Waals surface area contributed by atoms with Crippen LogP contribution in [0.3, 0.4) is 0 Å². The second kappa shape index (κ2) is 6.33. The molecule has 1 heterocycles. The number of carboxylic acids is 1. The van der Waals surface area contributed by atoms with E-state index in [0.29, 0.717) is 5.92 Å². The number of aliphatic carboxylic acids is 1. The molecule has 1 aromatic carbocycles. The molecule has 108 valence electrons. The summed E-state index contributed by atoms with van der Waals surface area (Å²) in [6.07, 6.45) is 0. The first-order valence-electron chi connectivity index (χ1n) is 6.78. The highest BCUT2D eigenvalue weighted by atomic mass is 32.1. The number of para-hydroxylation sites is 1. The number of carboxylic acid groups (broad SMARTS) is 1. The van der Waals surface area contributed by atoms with Gasteiger partial charge in [-0.05, 0) is 25.0 Å². The molecule has 20 heavy (non-hydrogen) atoms. The lowest BCUT2D eigenvalue weighted by Gasteiger charge is -2.27. The van der Waals surface area contributed by atoms with E-state index in [1.54, 1.807) is 11.3 Å². The fourth-order valence-electron chi connectivity index (χ4n) is 2.23. The first-order valence-corrected chi connectivity index (χ1v) is 7.60. The number of benzene rings is 1. The molecule has 0 aliphatic heterocycles. The molecule has 0 saturated carbocycles. The van der Waals surface area contributed by atoms with E-state index in [-0.39, 0.29) is 12.6 Å². The molecule has 1 aromatic heterocycles. The Morgan fingerprint density at radius 2 is 2.05 bits per heavy atom. The lowest BCUT2D eigenvalue weighted by atomic mass is 10.1. The van der Waals surface area contributed by atoms with E-state index in [2.05, 4.69) is 18.8 Å². The second-order valence-corrected chi connectivity index (χ2v) is 6.48. The zero-order chi connectivity index (χ0) is 14.7. The molecule has 0 bridgehead atoms. The van der Waals surface area contributed by atoms with E-state index in [0.717, 1.165) is 21.8 Å². The molecule has 0 fully saturated rings. The average molecular weight is 292 g/mol. The third-order valence-electron chi connectivity index (χ3n) is 3.15. The van der Waals surface area contributed by atoms with Gasteiger partial charge in [-0.1, -0.05) is 26.0 Å². The van der Waals surface area contributed by atoms with Crippen LogP contribution in [-0.4, -0.2) is 34.0 Å². The van der Waals surface area contributed by atoms with Crippen molar-refractivity contribution in [2.45, 2.75) is 26.8 Å². The van der Waals surface area contributed by atoms with E-state index < -0.39 is 5.97 Å². The maximum Gasteiger partial charge on any atom is 0.317 e. The van der Waals surface area contributed by atoms with Crippen LogP contribution in [0.15, 0.2) is 24.3 Å². The largest absolute Gasteiger partial charge is 0.480 e. The van der Waals surface area contributed by atoms with Crippen molar-refractivity contribution in [1.29, 1.82) is 0 Å². The quantitative estimate of drug-likeness (QED) is 0.886. The molecule has 2 aromatic rings. The predicted molar refractivity (Wildman–Crippen MR) is 82.1 cm³/mol. The maximum absolute atomic E-state index is 11.0. The van der Waals surface area contributed by atoms with Gasteiger partial charge in [0.25, 0.3) is 0 Å². The van der Waals surface area contributed by atoms with E-state index >= 15 is 0 Å². The van der Waals surface area contributed by atoms with Crippen molar-refractivity contribution in [3.05, 3.63) is 29.3 Å². The van der Waals surface area contributed by atoms with E-state index in [9.17, 15) is 4.79 Å². The third kappa shape index (κ3) is 3.55. The molecule has 0 saturated heterocycles. The average Bonchev–Trinajstić information content (AvgIpc) is 2.79. The lowest BCUT2D eigenvalue weighted by molar-refractivity contribution is -0.139. The molecule has 2 rings (SSSR count). The molecule has 5 heteroatoms. The van der Waals surface area contributed by atoms with Crippen LogP contribution in [0.2, 0.25) is 0 Å². The smallest absolute Gasteiger partial charge is 0.317 e. The van der Waals surface area contributed by atoms with Crippen LogP contribution in [0.5, 0.6) is 0 Å². The van der Waals surface area contributed by atoms with Crippen LogP contribution in [0.25, 0.3) is 10.2 Å². The van der Waals surface area contributed by atoms with Crippen LogP contribution >= 0.6 is 11.3 Å². The SMILES string of the molecule is CC(C)CN(CC(=O)O)C(C)c1nc2ccccc2s1. The molecular formula is C15H20N2O2S. The molecule has 4 nitrogen and oxygen atoms in total. The first-order chi connectivity index (χ1) is 9.47. The highest BCUT2D eigenvalue weighted by molar-refractivity contribution is 7.18. The van der Waals surface area contributed by atoms with Gasteiger partial charge in [0, 0.05) is 6.54 Å². The van der Waals surface area contributed by atoms with Gasteiger partial charge in [0.05, 0.1) is 22.8 Å². The van der Waals surface area contributed by atoms with Gasteiger partial charge in [-0.3, -0.25) is 9.69 Å². The van der Waals surface area contributed by atoms with Gasteiger partial charge in [0.15, 0.2) is 0 Å². The summed E-state index contributed by atoms with van der Waals surface area (Å²) < 4.78 is 1.15. The highest BCUT2D eigenvalue weighted by Gasteiger charge is 2.22. The number of rotatable bonds is 6. The summed E-state index contributed by atoms with van der Waals surface area (Å²) in [6.45, 7) is 7.03. The van der Waals surface area contributed by atoms with Gasteiger partial charge in [0.2, 0.25) is 0 Å². The Labute approximate surface area is 123 Å². The standard InChI is InChI=1S/C15H20N2O2S/c1-10(2)8-17(9-14(18)19)11(3)15-16-12-6-4-5-7-13(12)20-15/h4-7,10-11H,8-9H2,1-3H3,(H,18,19). The van der Waals surface area contributed by atoms with Crippen LogP contribution < -0.4 is 0 Å². The monoisotopic (exact) mass is 292 g/mol. The number of carbonyl (C=O) groups is 1. The van der Waals surface area contributed by atoms with Gasteiger partial charge < -0.3 is 5.11 Å². The zero-order valence-electron chi connectivity index (χ0n) is 12.0. The van der Waals surface area contributed by atoms with E-state index in [1.165, 1.54) is 0 Å². The zero-order valence-corrected chi connectivity index (χ0v) is 12.9. The Kier molecular flexibility index (Phi) is 4.73. The number of nitrogens with zero attached hydrogens (tertiary/aromatic N) is 2. The minimum Gasteiger partial charge on any atom is -0.480 e. The summed E-state index contributed by atoms with van der Waals surface area (Å²) in [4.78, 5) is 17.6. The van der Waals surface area contributed by atoms with Crippen LogP contribution in [0.1, 0.15) is 31.8 Å². The molecular weight excluding hydrogens is 272 g/mol. The maximum atomic E-state index is 11.0. The second-order valence-electron chi connectivity index (χ2n) is 5.41. The minimum absolute atomic E-state index is 0.0194. The van der Waals surface area contributed by atoms with Crippen molar-refractivity contribution >= 4 is 27.5 Å². The van der Waals surface area contributed by atoms with Gasteiger partial charge in [-0.25, -0.2) is 4.98 Å². The van der Waals surface area contributed by atoms with Crippen molar-refractivity contribution in [3.63, 3.8) is 0 Å². The lowest BCUT2D eigenvalue weighted by Crippen LogP contribution is -2.35. The molecule has 1 atom stereocenters. The number of hydrogen-bond donors (Lipinski definition) is 1. The van der Waals surface area contributed by atoms with E-state index in [1.807, 2.05) is 36.1 Å². The van der Waals surface area contributed by atoms with Gasteiger partial charge in [-0.15, -0.1) is 11.3 Å². The molecule has 0 aliphatic carbocycles. The normalized spacial score (nSPS) is 13.2. The third-order valence-corrected chi connectivity index (χ3v) is 4.36.